The Labute approximate surface area is 137 Å². The van der Waals surface area contributed by atoms with E-state index in [-0.39, 0.29) is 5.97 Å². The highest BCUT2D eigenvalue weighted by Crippen LogP contribution is 2.34. The number of fused-ring (bicyclic) bond motifs is 1. The Hall–Kier alpha value is -2.07. The standard InChI is InChI=1S/C19H23NO3/c1-13-17(19(21)22-3)11-15(23-13)12-20(2)18-10-6-8-14-7-4-5-9-16(14)18/h4-5,7,9,11,18H,6,8,10,12H2,1-3H3/t18-/m1/s1. The first-order valence-corrected chi connectivity index (χ1v) is 8.06. The number of nitrogens with zero attached hydrogens (tertiary/aromatic N) is 1. The zero-order valence-corrected chi connectivity index (χ0v) is 14.0. The molecule has 122 valence electrons. The predicted octanol–water partition coefficient (Wildman–Crippen LogP) is 3.88. The van der Waals surface area contributed by atoms with Crippen LogP contribution in [-0.2, 0) is 17.7 Å². The van der Waals surface area contributed by atoms with Gasteiger partial charge in [-0.2, -0.15) is 0 Å². The number of furan rings is 1. The third-order valence-corrected chi connectivity index (χ3v) is 4.65. The molecule has 0 aliphatic heterocycles. The molecule has 0 amide bonds. The van der Waals surface area contributed by atoms with Gasteiger partial charge in [-0.1, -0.05) is 24.3 Å². The van der Waals surface area contributed by atoms with Gasteiger partial charge in [0.1, 0.15) is 17.1 Å². The summed E-state index contributed by atoms with van der Waals surface area (Å²) in [5.74, 6) is 1.07. The van der Waals surface area contributed by atoms with Crippen molar-refractivity contribution < 1.29 is 13.9 Å². The zero-order valence-electron chi connectivity index (χ0n) is 14.0. The van der Waals surface area contributed by atoms with Crippen LogP contribution in [0.3, 0.4) is 0 Å². The number of hydrogen-bond donors (Lipinski definition) is 0. The number of hydrogen-bond acceptors (Lipinski definition) is 4. The normalized spacial score (nSPS) is 17.1. The van der Waals surface area contributed by atoms with Gasteiger partial charge in [-0.25, -0.2) is 4.79 Å². The summed E-state index contributed by atoms with van der Waals surface area (Å²) in [5.41, 5.74) is 3.37. The Kier molecular flexibility index (Phi) is 4.53. The molecule has 0 bridgehead atoms. The average molecular weight is 313 g/mol. The lowest BCUT2D eigenvalue weighted by Gasteiger charge is -2.32. The van der Waals surface area contributed by atoms with Crippen molar-refractivity contribution >= 4 is 5.97 Å². The van der Waals surface area contributed by atoms with Crippen LogP contribution in [0.5, 0.6) is 0 Å². The van der Waals surface area contributed by atoms with Crippen molar-refractivity contribution in [2.45, 2.75) is 38.8 Å². The topological polar surface area (TPSA) is 42.7 Å². The van der Waals surface area contributed by atoms with Gasteiger partial charge in [0, 0.05) is 6.04 Å². The summed E-state index contributed by atoms with van der Waals surface area (Å²) < 4.78 is 10.5. The molecule has 1 heterocycles. The maximum atomic E-state index is 11.7. The third kappa shape index (κ3) is 3.17. The van der Waals surface area contributed by atoms with E-state index in [9.17, 15) is 4.79 Å². The number of ether oxygens (including phenoxy) is 1. The number of methoxy groups -OCH3 is 1. The molecule has 1 aliphatic rings. The fraction of sp³-hybridized carbons (Fsp3) is 0.421. The van der Waals surface area contributed by atoms with E-state index in [1.54, 1.807) is 13.0 Å². The van der Waals surface area contributed by atoms with Crippen LogP contribution in [-0.4, -0.2) is 25.0 Å². The van der Waals surface area contributed by atoms with Crippen LogP contribution in [0, 0.1) is 6.92 Å². The molecule has 1 atom stereocenters. The summed E-state index contributed by atoms with van der Waals surface area (Å²) in [6, 6.07) is 10.9. The Morgan fingerprint density at radius 3 is 2.96 bits per heavy atom. The molecular formula is C19H23NO3. The van der Waals surface area contributed by atoms with Gasteiger partial charge in [0.25, 0.3) is 0 Å². The number of carbonyl (C=O) groups excluding carboxylic acids is 1. The zero-order chi connectivity index (χ0) is 16.4. The van der Waals surface area contributed by atoms with Gasteiger partial charge in [0.05, 0.1) is 13.7 Å². The molecule has 0 radical (unpaired) electrons. The molecule has 1 aliphatic carbocycles. The molecule has 1 aromatic carbocycles. The highest BCUT2D eigenvalue weighted by atomic mass is 16.5. The number of rotatable bonds is 4. The minimum absolute atomic E-state index is 0.344. The van der Waals surface area contributed by atoms with E-state index >= 15 is 0 Å². The Balaban J connectivity index is 1.78. The lowest BCUT2D eigenvalue weighted by molar-refractivity contribution is 0.0599. The molecule has 4 nitrogen and oxygen atoms in total. The van der Waals surface area contributed by atoms with Gasteiger partial charge in [-0.3, -0.25) is 4.90 Å². The van der Waals surface area contributed by atoms with Gasteiger partial charge >= 0.3 is 5.97 Å². The molecule has 2 aromatic rings. The number of carbonyl (C=O) groups is 1. The van der Waals surface area contributed by atoms with Gasteiger partial charge in [0.2, 0.25) is 0 Å². The summed E-state index contributed by atoms with van der Waals surface area (Å²) in [4.78, 5) is 14.0. The fourth-order valence-corrected chi connectivity index (χ4v) is 3.48. The second-order valence-electron chi connectivity index (χ2n) is 6.20. The molecule has 4 heteroatoms. The summed E-state index contributed by atoms with van der Waals surface area (Å²) >= 11 is 0. The van der Waals surface area contributed by atoms with Crippen LogP contribution in [0.2, 0.25) is 0 Å². The molecule has 23 heavy (non-hydrogen) atoms. The second-order valence-corrected chi connectivity index (χ2v) is 6.20. The van der Waals surface area contributed by atoms with Gasteiger partial charge in [0.15, 0.2) is 0 Å². The van der Waals surface area contributed by atoms with Crippen molar-refractivity contribution in [1.29, 1.82) is 0 Å². The predicted molar refractivity (Wildman–Crippen MR) is 88.4 cm³/mol. The molecule has 0 unspecified atom stereocenters. The molecule has 0 saturated heterocycles. The summed E-state index contributed by atoms with van der Waals surface area (Å²) in [5, 5.41) is 0. The van der Waals surface area contributed by atoms with Gasteiger partial charge < -0.3 is 9.15 Å². The second kappa shape index (κ2) is 6.59. The summed E-state index contributed by atoms with van der Waals surface area (Å²) in [6.45, 7) is 2.47. The maximum Gasteiger partial charge on any atom is 0.341 e. The summed E-state index contributed by atoms with van der Waals surface area (Å²) in [6.07, 6.45) is 3.51. The quantitative estimate of drug-likeness (QED) is 0.803. The van der Waals surface area contributed by atoms with Crippen molar-refractivity contribution in [1.82, 2.24) is 4.90 Å². The van der Waals surface area contributed by atoms with Crippen molar-refractivity contribution in [3.05, 3.63) is 58.5 Å². The van der Waals surface area contributed by atoms with Crippen LogP contribution in [0.25, 0.3) is 0 Å². The fourth-order valence-electron chi connectivity index (χ4n) is 3.48. The number of esters is 1. The maximum absolute atomic E-state index is 11.7. The lowest BCUT2D eigenvalue weighted by atomic mass is 9.87. The first kappa shape index (κ1) is 15.8. The van der Waals surface area contributed by atoms with Crippen molar-refractivity contribution in [3.63, 3.8) is 0 Å². The van der Waals surface area contributed by atoms with Gasteiger partial charge in [-0.05, 0) is 50.4 Å². The van der Waals surface area contributed by atoms with E-state index in [4.69, 9.17) is 9.15 Å². The van der Waals surface area contributed by atoms with Crippen LogP contribution in [0.15, 0.2) is 34.7 Å². The van der Waals surface area contributed by atoms with E-state index in [1.807, 2.05) is 0 Å². The monoisotopic (exact) mass is 313 g/mol. The molecule has 3 rings (SSSR count). The Bertz CT molecular complexity index is 704. The molecule has 0 saturated carbocycles. The Morgan fingerprint density at radius 2 is 2.17 bits per heavy atom. The van der Waals surface area contributed by atoms with E-state index < -0.39 is 0 Å². The Morgan fingerprint density at radius 1 is 1.39 bits per heavy atom. The molecular weight excluding hydrogens is 290 g/mol. The SMILES string of the molecule is COC(=O)c1cc(CN(C)[C@@H]2CCCc3ccccc32)oc1C. The highest BCUT2D eigenvalue weighted by Gasteiger charge is 2.25. The minimum Gasteiger partial charge on any atom is -0.465 e. The first-order valence-electron chi connectivity index (χ1n) is 8.06. The van der Waals surface area contributed by atoms with Crippen LogP contribution in [0.1, 0.15) is 51.9 Å². The van der Waals surface area contributed by atoms with E-state index in [1.165, 1.54) is 24.7 Å². The first-order chi connectivity index (χ1) is 11.1. The third-order valence-electron chi connectivity index (χ3n) is 4.65. The van der Waals surface area contributed by atoms with Gasteiger partial charge in [-0.15, -0.1) is 0 Å². The van der Waals surface area contributed by atoms with Crippen molar-refractivity contribution in [2.75, 3.05) is 14.2 Å². The molecule has 1 aromatic heterocycles. The minimum atomic E-state index is -0.344. The highest BCUT2D eigenvalue weighted by molar-refractivity contribution is 5.90. The van der Waals surface area contributed by atoms with Crippen LogP contribution >= 0.6 is 0 Å². The summed E-state index contributed by atoms with van der Waals surface area (Å²) in [7, 11) is 3.50. The number of benzene rings is 1. The largest absolute Gasteiger partial charge is 0.465 e. The average Bonchev–Trinajstić information content (AvgIpc) is 2.93. The molecule has 0 N–H and O–H groups in total. The van der Waals surface area contributed by atoms with E-state index in [0.29, 0.717) is 23.9 Å². The van der Waals surface area contributed by atoms with Crippen LogP contribution < -0.4 is 0 Å². The lowest BCUT2D eigenvalue weighted by Crippen LogP contribution is -2.27. The smallest absolute Gasteiger partial charge is 0.341 e. The van der Waals surface area contributed by atoms with E-state index in [2.05, 4.69) is 36.2 Å². The van der Waals surface area contributed by atoms with Crippen LogP contribution in [0.4, 0.5) is 0 Å². The molecule has 0 fully saturated rings. The molecule has 0 spiro atoms. The van der Waals surface area contributed by atoms with E-state index in [0.717, 1.165) is 18.6 Å². The number of aryl methyl sites for hydroxylation is 2. The van der Waals surface area contributed by atoms with Crippen molar-refractivity contribution in [2.24, 2.45) is 0 Å². The van der Waals surface area contributed by atoms with Crippen molar-refractivity contribution in [3.8, 4) is 0 Å².